The van der Waals surface area contributed by atoms with Crippen molar-refractivity contribution in [3.63, 3.8) is 0 Å². The summed E-state index contributed by atoms with van der Waals surface area (Å²) < 4.78 is 31.0. The molecule has 0 aliphatic heterocycles. The zero-order chi connectivity index (χ0) is 18.3. The largest absolute Gasteiger partial charge is 0.497 e. The first kappa shape index (κ1) is 19.7. The number of carbonyl (C=O) groups is 1. The number of nitrogens with one attached hydrogen (secondary N) is 1. The van der Waals surface area contributed by atoms with Crippen LogP contribution in [-0.2, 0) is 10.0 Å². The predicted molar refractivity (Wildman–Crippen MR) is 98.4 cm³/mol. The van der Waals surface area contributed by atoms with Gasteiger partial charge in [-0.05, 0) is 37.1 Å². The van der Waals surface area contributed by atoms with Crippen molar-refractivity contribution in [1.82, 2.24) is 9.62 Å². The number of carbonyl (C=O) groups excluding carboxylic acids is 1. The first-order valence-electron chi connectivity index (χ1n) is 8.81. The number of nitrogens with zero attached hydrogens (tertiary/aromatic N) is 1. The van der Waals surface area contributed by atoms with Gasteiger partial charge in [0, 0.05) is 24.7 Å². The lowest BCUT2D eigenvalue weighted by Crippen LogP contribution is -2.44. The van der Waals surface area contributed by atoms with Crippen LogP contribution in [0.15, 0.2) is 24.3 Å². The Morgan fingerprint density at radius 2 is 1.76 bits per heavy atom. The molecule has 6 nitrogen and oxygen atoms in total. The fourth-order valence-corrected chi connectivity index (χ4v) is 4.46. The van der Waals surface area contributed by atoms with E-state index in [0.29, 0.717) is 24.4 Å². The lowest BCUT2D eigenvalue weighted by molar-refractivity contribution is 0.0950. The molecule has 0 spiro atoms. The van der Waals surface area contributed by atoms with Crippen molar-refractivity contribution in [2.45, 2.75) is 44.6 Å². The van der Waals surface area contributed by atoms with Crippen molar-refractivity contribution in [2.75, 3.05) is 26.5 Å². The molecule has 25 heavy (non-hydrogen) atoms. The first-order chi connectivity index (χ1) is 11.9. The van der Waals surface area contributed by atoms with Crippen LogP contribution in [0.25, 0.3) is 0 Å². The van der Waals surface area contributed by atoms with Gasteiger partial charge in [-0.2, -0.15) is 4.31 Å². The van der Waals surface area contributed by atoms with Crippen LogP contribution in [0.1, 0.15) is 48.9 Å². The molecule has 0 radical (unpaired) electrons. The van der Waals surface area contributed by atoms with Gasteiger partial charge in [-0.25, -0.2) is 8.42 Å². The van der Waals surface area contributed by atoms with E-state index in [1.54, 1.807) is 35.7 Å². The molecule has 7 heteroatoms. The molecule has 1 saturated carbocycles. The maximum absolute atomic E-state index is 12.2. The highest BCUT2D eigenvalue weighted by Gasteiger charge is 2.27. The highest BCUT2D eigenvalue weighted by atomic mass is 32.2. The Morgan fingerprint density at radius 3 is 2.28 bits per heavy atom. The third kappa shape index (κ3) is 6.01. The Morgan fingerprint density at radius 1 is 1.16 bits per heavy atom. The number of ether oxygens (including phenoxy) is 1. The van der Waals surface area contributed by atoms with E-state index in [0.717, 1.165) is 25.7 Å². The van der Waals surface area contributed by atoms with Crippen LogP contribution in [0.4, 0.5) is 0 Å². The highest BCUT2D eigenvalue weighted by molar-refractivity contribution is 7.88. The summed E-state index contributed by atoms with van der Waals surface area (Å²) in [5.74, 6) is 0.477. The summed E-state index contributed by atoms with van der Waals surface area (Å²) in [6, 6.07) is 6.88. The minimum absolute atomic E-state index is 0.0513. The maximum Gasteiger partial charge on any atom is 0.251 e. The zero-order valence-electron chi connectivity index (χ0n) is 15.0. The Labute approximate surface area is 150 Å². The van der Waals surface area contributed by atoms with Gasteiger partial charge in [0.25, 0.3) is 5.91 Å². The van der Waals surface area contributed by atoms with E-state index in [1.807, 2.05) is 0 Å². The van der Waals surface area contributed by atoms with Crippen LogP contribution in [0.2, 0.25) is 0 Å². The van der Waals surface area contributed by atoms with E-state index in [1.165, 1.54) is 19.1 Å². The van der Waals surface area contributed by atoms with E-state index < -0.39 is 10.0 Å². The Balaban J connectivity index is 1.92. The molecule has 1 aromatic carbocycles. The summed E-state index contributed by atoms with van der Waals surface area (Å²) in [7, 11) is -1.72. The second-order valence-corrected chi connectivity index (χ2v) is 8.44. The smallest absolute Gasteiger partial charge is 0.251 e. The van der Waals surface area contributed by atoms with Crippen molar-refractivity contribution < 1.29 is 17.9 Å². The Kier molecular flexibility index (Phi) is 7.25. The number of methoxy groups -OCH3 is 1. The molecule has 1 aromatic rings. The van der Waals surface area contributed by atoms with E-state index in [9.17, 15) is 13.2 Å². The molecular weight excluding hydrogens is 340 g/mol. The minimum atomic E-state index is -3.29. The standard InChI is InChI=1S/C18H28N2O4S/c1-24-17-11-9-15(10-12-17)18(21)19-13-14-20(25(2,22)23)16-7-5-3-4-6-8-16/h9-12,16H,3-8,13-14H2,1-2H3,(H,19,21). The van der Waals surface area contributed by atoms with Crippen LogP contribution >= 0.6 is 0 Å². The van der Waals surface area contributed by atoms with Gasteiger partial charge in [0.15, 0.2) is 0 Å². The molecular formula is C18H28N2O4S. The summed E-state index contributed by atoms with van der Waals surface area (Å²) >= 11 is 0. The van der Waals surface area contributed by atoms with E-state index >= 15 is 0 Å². The van der Waals surface area contributed by atoms with Crippen LogP contribution in [0.5, 0.6) is 5.75 Å². The lowest BCUT2D eigenvalue weighted by Gasteiger charge is -2.29. The van der Waals surface area contributed by atoms with Gasteiger partial charge in [-0.15, -0.1) is 0 Å². The number of benzene rings is 1. The maximum atomic E-state index is 12.2. The second-order valence-electron chi connectivity index (χ2n) is 6.50. The van der Waals surface area contributed by atoms with Gasteiger partial charge >= 0.3 is 0 Å². The highest BCUT2D eigenvalue weighted by Crippen LogP contribution is 2.23. The van der Waals surface area contributed by atoms with Crippen molar-refractivity contribution in [2.24, 2.45) is 0 Å². The third-order valence-corrected chi connectivity index (χ3v) is 5.96. The Hall–Kier alpha value is -1.60. The van der Waals surface area contributed by atoms with E-state index in [-0.39, 0.29) is 11.9 Å². The molecule has 0 saturated heterocycles. The molecule has 1 aliphatic rings. The van der Waals surface area contributed by atoms with Crippen molar-refractivity contribution >= 4 is 15.9 Å². The van der Waals surface area contributed by atoms with Crippen LogP contribution in [-0.4, -0.2) is 51.1 Å². The van der Waals surface area contributed by atoms with Gasteiger partial charge < -0.3 is 10.1 Å². The summed E-state index contributed by atoms with van der Waals surface area (Å²) in [5.41, 5.74) is 0.529. The number of amides is 1. The van der Waals surface area contributed by atoms with Gasteiger partial charge in [0.2, 0.25) is 10.0 Å². The molecule has 1 fully saturated rings. The fourth-order valence-electron chi connectivity index (χ4n) is 3.29. The van der Waals surface area contributed by atoms with Gasteiger partial charge in [0.1, 0.15) is 5.75 Å². The van der Waals surface area contributed by atoms with E-state index in [2.05, 4.69) is 5.32 Å². The number of hydrogen-bond donors (Lipinski definition) is 1. The minimum Gasteiger partial charge on any atom is -0.497 e. The molecule has 0 bridgehead atoms. The topological polar surface area (TPSA) is 75.7 Å². The SMILES string of the molecule is COc1ccc(C(=O)NCCN(C2CCCCCC2)S(C)(=O)=O)cc1. The molecule has 0 heterocycles. The number of rotatable bonds is 7. The summed E-state index contributed by atoms with van der Waals surface area (Å²) in [6.45, 7) is 0.611. The predicted octanol–water partition coefficient (Wildman–Crippen LogP) is 2.41. The van der Waals surface area contributed by atoms with Crippen molar-refractivity contribution in [1.29, 1.82) is 0 Å². The molecule has 2 rings (SSSR count). The summed E-state index contributed by atoms with van der Waals surface area (Å²) in [5, 5.41) is 2.81. The normalized spacial score (nSPS) is 16.4. The van der Waals surface area contributed by atoms with Gasteiger partial charge in [0.05, 0.1) is 13.4 Å². The molecule has 140 valence electrons. The zero-order valence-corrected chi connectivity index (χ0v) is 15.8. The average molecular weight is 368 g/mol. The van der Waals surface area contributed by atoms with Crippen LogP contribution < -0.4 is 10.1 Å². The summed E-state index contributed by atoms with van der Waals surface area (Å²) in [6.07, 6.45) is 7.52. The molecule has 0 unspecified atom stereocenters. The first-order valence-corrected chi connectivity index (χ1v) is 10.7. The molecule has 1 aliphatic carbocycles. The van der Waals surface area contributed by atoms with Crippen molar-refractivity contribution in [3.05, 3.63) is 29.8 Å². The molecule has 1 N–H and O–H groups in total. The van der Waals surface area contributed by atoms with E-state index in [4.69, 9.17) is 4.74 Å². The average Bonchev–Trinajstić information content (AvgIpc) is 2.86. The molecule has 0 aromatic heterocycles. The van der Waals surface area contributed by atoms with Gasteiger partial charge in [-0.1, -0.05) is 25.7 Å². The second kappa shape index (κ2) is 9.20. The number of hydrogen-bond acceptors (Lipinski definition) is 4. The molecule has 0 atom stereocenters. The van der Waals surface area contributed by atoms with Crippen LogP contribution in [0.3, 0.4) is 0 Å². The third-order valence-electron chi connectivity index (χ3n) is 4.63. The summed E-state index contributed by atoms with van der Waals surface area (Å²) in [4.78, 5) is 12.2. The molecule has 1 amide bonds. The van der Waals surface area contributed by atoms with Gasteiger partial charge in [-0.3, -0.25) is 4.79 Å². The number of sulfonamides is 1. The van der Waals surface area contributed by atoms with Crippen molar-refractivity contribution in [3.8, 4) is 5.75 Å². The quantitative estimate of drug-likeness (QED) is 0.750. The Bertz CT molecular complexity index is 650. The monoisotopic (exact) mass is 368 g/mol. The van der Waals surface area contributed by atoms with Crippen LogP contribution in [0, 0.1) is 0 Å². The fraction of sp³-hybridized carbons (Fsp3) is 0.611. The lowest BCUT2D eigenvalue weighted by atomic mass is 10.1.